The second-order valence-electron chi connectivity index (χ2n) is 7.82. The lowest BCUT2D eigenvalue weighted by Gasteiger charge is -2.31. The summed E-state index contributed by atoms with van der Waals surface area (Å²) in [6, 6.07) is 5.72. The maximum Gasteiger partial charge on any atom is 0.435 e. The molecule has 0 aliphatic carbocycles. The van der Waals surface area contributed by atoms with E-state index in [0.717, 1.165) is 32.0 Å². The van der Waals surface area contributed by atoms with E-state index in [0.29, 0.717) is 12.1 Å². The Morgan fingerprint density at radius 3 is 1.87 bits per heavy atom. The molecule has 2 N–H and O–H groups in total. The molecule has 0 saturated carbocycles. The van der Waals surface area contributed by atoms with E-state index in [9.17, 15) is 45.6 Å². The van der Waals surface area contributed by atoms with Crippen LogP contribution in [0.4, 0.5) is 46.9 Å². The first-order chi connectivity index (χ1) is 17.2. The summed E-state index contributed by atoms with van der Waals surface area (Å²) in [5, 5.41) is 13.7. The first-order valence-corrected chi connectivity index (χ1v) is 11.1. The number of nitrogens with zero attached hydrogens (tertiary/aromatic N) is 1. The number of alkyl halides is 10. The van der Waals surface area contributed by atoms with Crippen LogP contribution in [0.25, 0.3) is 0 Å². The molecule has 0 spiro atoms. The Labute approximate surface area is 225 Å². The van der Waals surface area contributed by atoms with E-state index in [1.165, 1.54) is 0 Å². The molecule has 2 amide bonds. The number of hydrogen-bond acceptors (Lipinski definition) is 4. The van der Waals surface area contributed by atoms with Crippen molar-refractivity contribution < 1.29 is 45.1 Å². The number of anilines is 2. The van der Waals surface area contributed by atoms with Crippen LogP contribution in [-0.2, 0) is 10.4 Å². The number of amides is 2. The Balaban J connectivity index is 2.39. The SMILES string of the molecule is Cc1cc(C(F)(C(F)(F)F)C(F)(F)F)cc(C)c1NC(=O)c1cc(C#N)cc(NC(=O)OCC(Cl)(Cl)Cl)c1. The van der Waals surface area contributed by atoms with Gasteiger partial charge < -0.3 is 10.1 Å². The fraction of sp³-hybridized carbons (Fsp3) is 0.318. The Morgan fingerprint density at radius 1 is 0.895 bits per heavy atom. The quantitative estimate of drug-likeness (QED) is 0.270. The second-order valence-corrected chi connectivity index (χ2v) is 10.3. The summed E-state index contributed by atoms with van der Waals surface area (Å²) in [4.78, 5) is 24.7. The molecule has 2 aromatic carbocycles. The average molecular weight is 609 g/mol. The fourth-order valence-corrected chi connectivity index (χ4v) is 3.39. The first kappa shape index (κ1) is 31.3. The topological polar surface area (TPSA) is 91.2 Å². The Kier molecular flexibility index (Phi) is 9.08. The lowest BCUT2D eigenvalue weighted by Crippen LogP contribution is -2.50. The summed E-state index contributed by atoms with van der Waals surface area (Å²) in [5.74, 6) is -0.961. The molecule has 6 nitrogen and oxygen atoms in total. The van der Waals surface area contributed by atoms with Crippen LogP contribution in [-0.4, -0.2) is 34.8 Å². The van der Waals surface area contributed by atoms with Gasteiger partial charge in [0.2, 0.25) is 3.79 Å². The Bertz CT molecular complexity index is 1250. The highest BCUT2D eigenvalue weighted by molar-refractivity contribution is 6.67. The summed E-state index contributed by atoms with van der Waals surface area (Å²) >= 11 is 16.4. The number of hydrogen-bond donors (Lipinski definition) is 2. The highest BCUT2D eigenvalue weighted by Crippen LogP contribution is 2.53. The van der Waals surface area contributed by atoms with Gasteiger partial charge in [0.15, 0.2) is 0 Å². The number of carbonyl (C=O) groups excluding carboxylic acids is 2. The van der Waals surface area contributed by atoms with E-state index in [1.54, 1.807) is 6.07 Å². The van der Waals surface area contributed by atoms with Crippen LogP contribution in [0.3, 0.4) is 0 Å². The molecule has 0 aromatic heterocycles. The van der Waals surface area contributed by atoms with E-state index < -0.39 is 46.0 Å². The Hall–Kier alpha value is -2.95. The van der Waals surface area contributed by atoms with E-state index >= 15 is 0 Å². The summed E-state index contributed by atoms with van der Waals surface area (Å²) in [5.41, 5.74) is -8.65. The molecule has 2 aromatic rings. The summed E-state index contributed by atoms with van der Waals surface area (Å²) in [7, 11) is 0. The van der Waals surface area contributed by atoms with Gasteiger partial charge in [0.05, 0.1) is 11.6 Å². The molecule has 0 saturated heterocycles. The van der Waals surface area contributed by atoms with Gasteiger partial charge in [0, 0.05) is 22.5 Å². The summed E-state index contributed by atoms with van der Waals surface area (Å²) < 4.78 is 96.1. The van der Waals surface area contributed by atoms with E-state index in [1.807, 2.05) is 0 Å². The third-order valence-corrected chi connectivity index (χ3v) is 5.22. The molecular formula is C22H15Cl3F7N3O3. The molecule has 0 unspecified atom stereocenters. The number of aryl methyl sites for hydroxylation is 2. The van der Waals surface area contributed by atoms with Gasteiger partial charge in [0.1, 0.15) is 6.61 Å². The van der Waals surface area contributed by atoms with Gasteiger partial charge in [-0.05, 0) is 43.2 Å². The molecule has 0 bridgehead atoms. The standard InChI is InChI=1S/C22H15Cl3F7N3O3/c1-10-3-14(20(26,21(27,28)29)22(30,31)32)4-11(2)16(10)35-17(36)13-5-12(8-33)6-15(7-13)34-18(37)38-9-19(23,24)25/h3-7H,9H2,1-2H3,(H,34,37)(H,35,36). The van der Waals surface area contributed by atoms with Crippen molar-refractivity contribution in [2.45, 2.75) is 35.7 Å². The molecule has 16 heteroatoms. The minimum absolute atomic E-state index is 0.107. The van der Waals surface area contributed by atoms with Gasteiger partial charge in [-0.2, -0.15) is 31.6 Å². The van der Waals surface area contributed by atoms with Crippen molar-refractivity contribution in [3.63, 3.8) is 0 Å². The number of ether oxygens (including phenoxy) is 1. The number of nitrogens with one attached hydrogen (secondary N) is 2. The number of carbonyl (C=O) groups is 2. The normalized spacial score (nSPS) is 12.5. The predicted octanol–water partition coefficient (Wildman–Crippen LogP) is 7.64. The minimum Gasteiger partial charge on any atom is -0.445 e. The molecule has 0 atom stereocenters. The molecular weight excluding hydrogens is 594 g/mol. The van der Waals surface area contributed by atoms with Gasteiger partial charge in [-0.1, -0.05) is 46.9 Å². The van der Waals surface area contributed by atoms with Crippen LogP contribution < -0.4 is 10.6 Å². The van der Waals surface area contributed by atoms with Gasteiger partial charge in [-0.15, -0.1) is 0 Å². The van der Waals surface area contributed by atoms with Gasteiger partial charge in [0.25, 0.3) is 5.91 Å². The molecule has 2 rings (SSSR count). The summed E-state index contributed by atoms with van der Waals surface area (Å²) in [6.07, 6.45) is -13.7. The molecule has 0 aliphatic heterocycles. The van der Waals surface area contributed by atoms with Gasteiger partial charge >= 0.3 is 24.1 Å². The number of rotatable bonds is 5. The molecule has 0 aliphatic rings. The van der Waals surface area contributed by atoms with Crippen LogP contribution >= 0.6 is 34.8 Å². The first-order valence-electron chi connectivity index (χ1n) is 10.0. The minimum atomic E-state index is -6.31. The van der Waals surface area contributed by atoms with Crippen molar-refractivity contribution in [1.29, 1.82) is 5.26 Å². The van der Waals surface area contributed by atoms with Crippen molar-refractivity contribution in [2.24, 2.45) is 0 Å². The average Bonchev–Trinajstić information content (AvgIpc) is 2.76. The highest BCUT2D eigenvalue weighted by Gasteiger charge is 2.73. The van der Waals surface area contributed by atoms with Crippen molar-refractivity contribution in [2.75, 3.05) is 17.2 Å². The predicted molar refractivity (Wildman–Crippen MR) is 125 cm³/mol. The second kappa shape index (κ2) is 11.0. The molecule has 206 valence electrons. The summed E-state index contributed by atoms with van der Waals surface area (Å²) in [6.45, 7) is 1.50. The molecule has 38 heavy (non-hydrogen) atoms. The largest absolute Gasteiger partial charge is 0.445 e. The monoisotopic (exact) mass is 607 g/mol. The molecule has 0 fully saturated rings. The zero-order valence-corrected chi connectivity index (χ0v) is 21.3. The van der Waals surface area contributed by atoms with E-state index in [2.05, 4.69) is 15.4 Å². The molecule has 0 radical (unpaired) electrons. The fourth-order valence-electron chi connectivity index (χ4n) is 3.23. The zero-order valence-electron chi connectivity index (χ0n) is 19.0. The zero-order chi connectivity index (χ0) is 29.3. The molecule has 0 heterocycles. The maximum absolute atomic E-state index is 14.5. The van der Waals surface area contributed by atoms with Crippen LogP contribution in [0.2, 0.25) is 0 Å². The van der Waals surface area contributed by atoms with Crippen LogP contribution in [0, 0.1) is 25.2 Å². The lowest BCUT2D eigenvalue weighted by atomic mass is 9.90. The van der Waals surface area contributed by atoms with E-state index in [-0.39, 0.29) is 33.6 Å². The van der Waals surface area contributed by atoms with E-state index in [4.69, 9.17) is 34.8 Å². The third-order valence-electron chi connectivity index (χ3n) is 4.89. The van der Waals surface area contributed by atoms with Crippen molar-refractivity contribution >= 4 is 58.2 Å². The smallest absolute Gasteiger partial charge is 0.435 e. The van der Waals surface area contributed by atoms with Crippen molar-refractivity contribution in [1.82, 2.24) is 0 Å². The van der Waals surface area contributed by atoms with Crippen LogP contribution in [0.15, 0.2) is 30.3 Å². The number of nitriles is 1. The number of benzene rings is 2. The van der Waals surface area contributed by atoms with Crippen molar-refractivity contribution in [3.8, 4) is 6.07 Å². The van der Waals surface area contributed by atoms with Crippen LogP contribution in [0.1, 0.15) is 32.6 Å². The third kappa shape index (κ3) is 7.12. The van der Waals surface area contributed by atoms with Gasteiger partial charge in [-0.3, -0.25) is 10.1 Å². The lowest BCUT2D eigenvalue weighted by molar-refractivity contribution is -0.348. The highest BCUT2D eigenvalue weighted by atomic mass is 35.6. The van der Waals surface area contributed by atoms with Crippen LogP contribution in [0.5, 0.6) is 0 Å². The number of halogens is 10. The Morgan fingerprint density at radius 2 is 1.42 bits per heavy atom. The van der Waals surface area contributed by atoms with Gasteiger partial charge in [-0.25, -0.2) is 9.18 Å². The van der Waals surface area contributed by atoms with Crippen molar-refractivity contribution in [3.05, 3.63) is 58.1 Å². The maximum atomic E-state index is 14.5.